The summed E-state index contributed by atoms with van der Waals surface area (Å²) < 4.78 is 2.91. The number of aromatic carboxylic acids is 1. The van der Waals surface area contributed by atoms with Crippen molar-refractivity contribution in [1.29, 1.82) is 0 Å². The number of aryl methyl sites for hydroxylation is 1. The third-order valence-electron chi connectivity index (χ3n) is 11.8. The number of hydrogen-bond donors (Lipinski definition) is 3. The fourth-order valence-electron chi connectivity index (χ4n) is 11.2. The van der Waals surface area contributed by atoms with Crippen LogP contribution in [0.1, 0.15) is 80.5 Å². The second-order valence-corrected chi connectivity index (χ2v) is 17.5. The van der Waals surface area contributed by atoms with Gasteiger partial charge in [-0.05, 0) is 110 Å². The van der Waals surface area contributed by atoms with E-state index in [9.17, 15) is 19.8 Å². The molecule has 5 aliphatic rings. The highest BCUT2D eigenvalue weighted by Crippen LogP contribution is 2.71. The van der Waals surface area contributed by atoms with E-state index >= 15 is 0 Å². The number of hydrogen-bond acceptors (Lipinski definition) is 8. The summed E-state index contributed by atoms with van der Waals surface area (Å²) in [6, 6.07) is 13.0. The van der Waals surface area contributed by atoms with E-state index in [1.165, 1.54) is 11.3 Å². The molecule has 5 heterocycles. The Morgan fingerprint density at radius 3 is 2.53 bits per heavy atom. The largest absolute Gasteiger partial charge is 0.476 e. The van der Waals surface area contributed by atoms with Crippen molar-refractivity contribution in [2.75, 3.05) is 16.8 Å². The number of benzene rings is 1. The maximum atomic E-state index is 13.5. The van der Waals surface area contributed by atoms with Crippen LogP contribution in [0.25, 0.3) is 32.7 Å². The van der Waals surface area contributed by atoms with Crippen molar-refractivity contribution in [2.24, 2.45) is 16.2 Å². The number of carbonyl (C=O) groups excluding carboxylic acids is 1. The number of fused-ring (bicyclic) bond motifs is 2. The molecule has 4 bridgehead atoms. The molecular weight excluding hydrogens is 663 g/mol. The summed E-state index contributed by atoms with van der Waals surface area (Å²) in [6.45, 7) is 7.92. The van der Waals surface area contributed by atoms with Crippen LogP contribution in [0, 0.1) is 23.2 Å². The number of carboxylic acids is 1. The Hall–Kier alpha value is -4.68. The zero-order valence-corrected chi connectivity index (χ0v) is 29.9. The lowest BCUT2D eigenvalue weighted by atomic mass is 9.39. The zero-order valence-electron chi connectivity index (χ0n) is 29.1. The molecule has 2 unspecified atom stereocenters. The van der Waals surface area contributed by atoms with E-state index in [1.807, 2.05) is 54.1 Å². The van der Waals surface area contributed by atoms with Gasteiger partial charge in [0.15, 0.2) is 16.5 Å². The minimum Gasteiger partial charge on any atom is -0.476 e. The predicted octanol–water partition coefficient (Wildman–Crippen LogP) is 7.72. The first kappa shape index (κ1) is 32.2. The first-order chi connectivity index (χ1) is 24.3. The summed E-state index contributed by atoms with van der Waals surface area (Å²) in [7, 11) is 0. The van der Waals surface area contributed by atoms with Crippen LogP contribution in [0.4, 0.5) is 15.6 Å². The topological polar surface area (TPSA) is 146 Å². The fraction of sp³-hybridized carbons (Fsp3) is 0.436. The van der Waals surface area contributed by atoms with Gasteiger partial charge < -0.3 is 10.2 Å². The van der Waals surface area contributed by atoms with Gasteiger partial charge in [-0.15, -0.1) is 0 Å². The Morgan fingerprint density at radius 2 is 1.78 bits per heavy atom. The number of rotatable bonds is 6. The van der Waals surface area contributed by atoms with Gasteiger partial charge >= 0.3 is 12.0 Å². The highest BCUT2D eigenvalue weighted by Gasteiger charge is 2.65. The van der Waals surface area contributed by atoms with Crippen molar-refractivity contribution in [3.05, 3.63) is 71.8 Å². The van der Waals surface area contributed by atoms with Gasteiger partial charge in [0.05, 0.1) is 22.2 Å². The molecule has 4 aliphatic carbocycles. The van der Waals surface area contributed by atoms with Crippen molar-refractivity contribution in [2.45, 2.75) is 84.3 Å². The maximum absolute atomic E-state index is 13.5. The van der Waals surface area contributed by atoms with Crippen LogP contribution in [-0.2, 0) is 13.0 Å². The van der Waals surface area contributed by atoms with Gasteiger partial charge in [-0.3, -0.25) is 14.9 Å². The molecule has 1 aromatic carbocycles. The highest BCUT2D eigenvalue weighted by atomic mass is 32.1. The van der Waals surface area contributed by atoms with E-state index in [4.69, 9.17) is 5.10 Å². The molecule has 5 aromatic rings. The van der Waals surface area contributed by atoms with Crippen molar-refractivity contribution < 1.29 is 19.8 Å². The van der Waals surface area contributed by atoms with Gasteiger partial charge in [-0.1, -0.05) is 37.3 Å². The molecule has 4 aromatic heterocycles. The molecule has 1 aliphatic heterocycles. The molecule has 2 atom stereocenters. The minimum absolute atomic E-state index is 0.0401. The number of anilines is 2. The second kappa shape index (κ2) is 11.2. The van der Waals surface area contributed by atoms with Gasteiger partial charge in [0, 0.05) is 47.4 Å². The Bertz CT molecular complexity index is 2170. The van der Waals surface area contributed by atoms with Gasteiger partial charge in [-0.2, -0.15) is 10.1 Å². The van der Waals surface area contributed by atoms with Crippen molar-refractivity contribution in [3.8, 4) is 22.4 Å². The van der Waals surface area contributed by atoms with Crippen LogP contribution >= 0.6 is 11.3 Å². The molecule has 51 heavy (non-hydrogen) atoms. The number of thiazole rings is 1. The van der Waals surface area contributed by atoms with E-state index in [0.717, 1.165) is 84.1 Å². The van der Waals surface area contributed by atoms with Crippen LogP contribution in [0.15, 0.2) is 54.9 Å². The average Bonchev–Trinajstić information content (AvgIpc) is 3.63. The molecular formula is C39H41N7O4S. The Balaban J connectivity index is 0.999. The number of aromatic nitrogens is 5. The summed E-state index contributed by atoms with van der Waals surface area (Å²) in [5, 5.41) is 30.2. The molecule has 0 radical (unpaired) electrons. The number of aliphatic hydroxyl groups is 1. The van der Waals surface area contributed by atoms with Crippen molar-refractivity contribution in [3.63, 3.8) is 0 Å². The lowest BCUT2D eigenvalue weighted by Crippen LogP contribution is -2.63. The molecule has 4 saturated carbocycles. The van der Waals surface area contributed by atoms with Crippen molar-refractivity contribution >= 4 is 44.5 Å². The van der Waals surface area contributed by atoms with E-state index in [2.05, 4.69) is 34.1 Å². The quantitative estimate of drug-likeness (QED) is 0.163. The molecule has 0 saturated heterocycles. The molecule has 10 rings (SSSR count). The standard InChI is InChI=1S/C39H41N7O4S/c1-23-27(15-41-46(23)22-38-17-36(2)16-37(3,18-38)20-39(50,19-36)21-38)26-10-11-28(42-31(26)33(47)48)25-9-8-24-6-5-13-45(29(24)14-25)35(49)44-34-43-32-30(51-34)7-4-12-40-32/h4,7-12,14-15,50H,5-6,13,16-22H2,1-3H3,(H,47,48)(H,40,43,44,49). The van der Waals surface area contributed by atoms with E-state index < -0.39 is 11.6 Å². The monoisotopic (exact) mass is 703 g/mol. The minimum atomic E-state index is -1.12. The third-order valence-corrected chi connectivity index (χ3v) is 12.7. The van der Waals surface area contributed by atoms with E-state index in [-0.39, 0.29) is 28.0 Å². The van der Waals surface area contributed by atoms with Gasteiger partial charge in [0.2, 0.25) is 0 Å². The average molecular weight is 704 g/mol. The van der Waals surface area contributed by atoms with E-state index in [0.29, 0.717) is 35.1 Å². The first-order valence-corrected chi connectivity index (χ1v) is 18.6. The lowest BCUT2D eigenvalue weighted by Gasteiger charge is -2.68. The van der Waals surface area contributed by atoms with Gasteiger partial charge in [0.25, 0.3) is 0 Å². The van der Waals surface area contributed by atoms with E-state index in [1.54, 1.807) is 17.3 Å². The van der Waals surface area contributed by atoms with Gasteiger partial charge in [-0.25, -0.2) is 19.6 Å². The lowest BCUT2D eigenvalue weighted by molar-refractivity contribution is -0.229. The molecule has 12 heteroatoms. The number of carbonyl (C=O) groups is 2. The summed E-state index contributed by atoms with van der Waals surface area (Å²) >= 11 is 1.38. The smallest absolute Gasteiger partial charge is 0.355 e. The first-order valence-electron chi connectivity index (χ1n) is 17.7. The third kappa shape index (κ3) is 5.50. The SMILES string of the molecule is Cc1c(-c2ccc(-c3ccc4c(c3)N(C(=O)Nc3nc5ncccc5s3)CCC4)nc2C(=O)O)cnn1CC12CC3(C)CC(C)(CC(O)(C3)C1)C2. The Labute approximate surface area is 299 Å². The molecule has 2 amide bonds. The summed E-state index contributed by atoms with van der Waals surface area (Å²) in [5.41, 5.74) is 5.34. The maximum Gasteiger partial charge on any atom is 0.355 e. The fourth-order valence-corrected chi connectivity index (χ4v) is 12.0. The Morgan fingerprint density at radius 1 is 0.980 bits per heavy atom. The second-order valence-electron chi connectivity index (χ2n) is 16.5. The van der Waals surface area contributed by atoms with Crippen LogP contribution in [-0.4, -0.2) is 59.1 Å². The summed E-state index contributed by atoms with van der Waals surface area (Å²) in [6.07, 6.45) is 10.9. The van der Waals surface area contributed by atoms with Crippen LogP contribution < -0.4 is 10.2 Å². The molecule has 11 nitrogen and oxygen atoms in total. The molecule has 262 valence electrons. The number of urea groups is 1. The highest BCUT2D eigenvalue weighted by molar-refractivity contribution is 7.22. The molecule has 4 fully saturated rings. The van der Waals surface area contributed by atoms with Crippen molar-refractivity contribution in [1.82, 2.24) is 24.7 Å². The number of pyridine rings is 2. The zero-order chi connectivity index (χ0) is 35.3. The number of nitrogens with one attached hydrogen (secondary N) is 1. The normalized spacial score (nSPS) is 27.9. The predicted molar refractivity (Wildman–Crippen MR) is 196 cm³/mol. The van der Waals surface area contributed by atoms with Crippen LogP contribution in [0.2, 0.25) is 0 Å². The van der Waals surface area contributed by atoms with Crippen LogP contribution in [0.5, 0.6) is 0 Å². The number of nitrogens with zero attached hydrogens (tertiary/aromatic N) is 6. The number of carboxylic acid groups (broad SMARTS) is 1. The summed E-state index contributed by atoms with van der Waals surface area (Å²) in [5.74, 6) is -1.12. The summed E-state index contributed by atoms with van der Waals surface area (Å²) in [4.78, 5) is 41.4. The van der Waals surface area contributed by atoms with Crippen LogP contribution in [0.3, 0.4) is 0 Å². The number of amides is 2. The van der Waals surface area contributed by atoms with Gasteiger partial charge in [0.1, 0.15) is 0 Å². The Kier molecular flexibility index (Phi) is 7.05. The molecule has 3 N–H and O–H groups in total. The molecule has 0 spiro atoms.